The van der Waals surface area contributed by atoms with Gasteiger partial charge in [0.25, 0.3) is 0 Å². The molecule has 0 amide bonds. The monoisotopic (exact) mass is 311 g/mol. The number of aromatic nitrogens is 2. The third-order valence-electron chi connectivity index (χ3n) is 2.52. The second-order valence-electron chi connectivity index (χ2n) is 4.15. The van der Waals surface area contributed by atoms with Crippen molar-refractivity contribution in [2.75, 3.05) is 22.9 Å². The highest BCUT2D eigenvalue weighted by molar-refractivity contribution is 6.39. The summed E-state index contributed by atoms with van der Waals surface area (Å²) in [5.41, 5.74) is 6.29. The lowest BCUT2D eigenvalue weighted by Gasteiger charge is -2.11. The van der Waals surface area contributed by atoms with Gasteiger partial charge in [0.1, 0.15) is 11.6 Å². The molecule has 2 rings (SSSR count). The Balaban J connectivity index is 2.27. The van der Waals surface area contributed by atoms with Gasteiger partial charge in [-0.1, -0.05) is 36.2 Å². The molecule has 0 fully saturated rings. The van der Waals surface area contributed by atoms with Crippen molar-refractivity contribution in [3.05, 3.63) is 34.3 Å². The molecule has 0 saturated heterocycles. The average Bonchev–Trinajstić information content (AvgIpc) is 2.40. The highest BCUT2D eigenvalue weighted by atomic mass is 35.5. The quantitative estimate of drug-likeness (QED) is 0.780. The molecule has 1 aromatic carbocycles. The van der Waals surface area contributed by atoms with Crippen molar-refractivity contribution in [1.29, 1.82) is 0 Å². The number of hydrogen-bond acceptors (Lipinski definition) is 5. The smallest absolute Gasteiger partial charge is 0.223 e. The molecule has 1 heterocycles. The number of hydrogen-bond donors (Lipinski definition) is 3. The predicted molar refractivity (Wildman–Crippen MR) is 85.0 cm³/mol. The summed E-state index contributed by atoms with van der Waals surface area (Å²) < 4.78 is 0. The van der Waals surface area contributed by atoms with Gasteiger partial charge >= 0.3 is 0 Å². The van der Waals surface area contributed by atoms with E-state index in [1.807, 2.05) is 0 Å². The molecule has 0 bridgehead atoms. The molecule has 0 unspecified atom stereocenters. The summed E-state index contributed by atoms with van der Waals surface area (Å²) >= 11 is 12.2. The van der Waals surface area contributed by atoms with E-state index in [9.17, 15) is 0 Å². The zero-order chi connectivity index (χ0) is 14.5. The van der Waals surface area contributed by atoms with Gasteiger partial charge in [0.2, 0.25) is 5.95 Å². The summed E-state index contributed by atoms with van der Waals surface area (Å²) in [6.45, 7) is 2.88. The first-order chi connectivity index (χ1) is 9.60. The van der Waals surface area contributed by atoms with Gasteiger partial charge in [0.15, 0.2) is 0 Å². The van der Waals surface area contributed by atoms with Crippen LogP contribution in [0.1, 0.15) is 13.3 Å². The van der Waals surface area contributed by atoms with Crippen LogP contribution in [0.15, 0.2) is 24.3 Å². The van der Waals surface area contributed by atoms with Crippen molar-refractivity contribution < 1.29 is 0 Å². The number of benzene rings is 1. The Morgan fingerprint density at radius 1 is 1.15 bits per heavy atom. The summed E-state index contributed by atoms with van der Waals surface area (Å²) in [6, 6.07) is 7.03. The molecule has 0 atom stereocenters. The van der Waals surface area contributed by atoms with Gasteiger partial charge in [0, 0.05) is 12.6 Å². The van der Waals surface area contributed by atoms with Gasteiger partial charge < -0.3 is 16.4 Å². The van der Waals surface area contributed by atoms with E-state index in [4.69, 9.17) is 28.9 Å². The SMILES string of the molecule is CCCNc1cc(Nc2c(Cl)cccc2Cl)nc(N)n1. The first-order valence-electron chi connectivity index (χ1n) is 6.19. The molecule has 0 saturated carbocycles. The van der Waals surface area contributed by atoms with Crippen LogP contribution in [0.25, 0.3) is 0 Å². The molecular weight excluding hydrogens is 297 g/mol. The molecular formula is C13H15Cl2N5. The molecule has 1 aromatic heterocycles. The molecule has 5 nitrogen and oxygen atoms in total. The van der Waals surface area contributed by atoms with Crippen LogP contribution in [0.4, 0.5) is 23.3 Å². The zero-order valence-corrected chi connectivity index (χ0v) is 12.5. The van der Waals surface area contributed by atoms with E-state index >= 15 is 0 Å². The number of nitrogens with one attached hydrogen (secondary N) is 2. The molecule has 0 aliphatic heterocycles. The lowest BCUT2D eigenvalue weighted by molar-refractivity contribution is 0.967. The van der Waals surface area contributed by atoms with Gasteiger partial charge in [0.05, 0.1) is 15.7 Å². The van der Waals surface area contributed by atoms with Crippen molar-refractivity contribution in [3.63, 3.8) is 0 Å². The topological polar surface area (TPSA) is 75.9 Å². The predicted octanol–water partition coefficient (Wildman–Crippen LogP) is 3.93. The largest absolute Gasteiger partial charge is 0.370 e. The van der Waals surface area contributed by atoms with E-state index in [0.29, 0.717) is 27.4 Å². The van der Waals surface area contributed by atoms with Crippen LogP contribution < -0.4 is 16.4 Å². The fraction of sp³-hybridized carbons (Fsp3) is 0.231. The summed E-state index contributed by atoms with van der Waals surface area (Å²) in [4.78, 5) is 8.23. The number of nitrogens with zero attached hydrogens (tertiary/aromatic N) is 2. The third kappa shape index (κ3) is 3.65. The number of nitrogen functional groups attached to an aromatic ring is 1. The first kappa shape index (κ1) is 14.7. The van der Waals surface area contributed by atoms with Crippen molar-refractivity contribution in [2.45, 2.75) is 13.3 Å². The van der Waals surface area contributed by atoms with Gasteiger partial charge in [-0.05, 0) is 18.6 Å². The zero-order valence-electron chi connectivity index (χ0n) is 11.0. The fourth-order valence-corrected chi connectivity index (χ4v) is 2.11. The molecule has 0 aliphatic rings. The minimum atomic E-state index is 0.178. The second-order valence-corrected chi connectivity index (χ2v) is 4.96. The molecule has 0 spiro atoms. The molecule has 0 radical (unpaired) electrons. The molecule has 2 aromatic rings. The van der Waals surface area contributed by atoms with Crippen LogP contribution >= 0.6 is 23.2 Å². The Hall–Kier alpha value is -1.72. The van der Waals surface area contributed by atoms with Crippen LogP contribution in [-0.4, -0.2) is 16.5 Å². The van der Waals surface area contributed by atoms with Gasteiger partial charge in [-0.3, -0.25) is 0 Å². The van der Waals surface area contributed by atoms with Crippen LogP contribution in [0, 0.1) is 0 Å². The Bertz CT molecular complexity index is 583. The van der Waals surface area contributed by atoms with Crippen molar-refractivity contribution in [3.8, 4) is 0 Å². The lowest BCUT2D eigenvalue weighted by atomic mass is 10.3. The Labute approximate surface area is 127 Å². The van der Waals surface area contributed by atoms with E-state index in [2.05, 4.69) is 27.5 Å². The summed E-state index contributed by atoms with van der Waals surface area (Å²) in [6.07, 6.45) is 0.989. The molecule has 0 aliphatic carbocycles. The van der Waals surface area contributed by atoms with Crippen molar-refractivity contribution >= 4 is 46.5 Å². The Morgan fingerprint density at radius 2 is 1.80 bits per heavy atom. The van der Waals surface area contributed by atoms with Crippen LogP contribution in [0.3, 0.4) is 0 Å². The van der Waals surface area contributed by atoms with Crippen LogP contribution in [0.2, 0.25) is 10.0 Å². The normalized spacial score (nSPS) is 10.3. The Morgan fingerprint density at radius 3 is 2.45 bits per heavy atom. The molecule has 106 valence electrons. The maximum Gasteiger partial charge on any atom is 0.223 e. The number of halogens is 2. The number of anilines is 4. The Kier molecular flexibility index (Phi) is 4.87. The van der Waals surface area contributed by atoms with Gasteiger partial charge in [-0.25, -0.2) is 0 Å². The summed E-state index contributed by atoms with van der Waals surface area (Å²) in [7, 11) is 0. The van der Waals surface area contributed by atoms with Crippen LogP contribution in [0.5, 0.6) is 0 Å². The molecule has 4 N–H and O–H groups in total. The van der Waals surface area contributed by atoms with E-state index in [-0.39, 0.29) is 5.95 Å². The van der Waals surface area contributed by atoms with Crippen molar-refractivity contribution in [2.24, 2.45) is 0 Å². The molecule has 7 heteroatoms. The summed E-state index contributed by atoms with van der Waals surface area (Å²) in [5.74, 6) is 1.37. The average molecular weight is 312 g/mol. The fourth-order valence-electron chi connectivity index (χ4n) is 1.62. The van der Waals surface area contributed by atoms with E-state index in [0.717, 1.165) is 13.0 Å². The van der Waals surface area contributed by atoms with Gasteiger partial charge in [-0.15, -0.1) is 0 Å². The number of para-hydroxylation sites is 1. The standard InChI is InChI=1S/C13H15Cl2N5/c1-2-6-17-10-7-11(20-13(16)19-10)18-12-8(14)4-3-5-9(12)15/h3-5,7H,2,6H2,1H3,(H4,16,17,18,19,20). The van der Waals surface area contributed by atoms with E-state index in [1.165, 1.54) is 0 Å². The van der Waals surface area contributed by atoms with Crippen LogP contribution in [-0.2, 0) is 0 Å². The highest BCUT2D eigenvalue weighted by Gasteiger charge is 2.08. The maximum atomic E-state index is 6.11. The highest BCUT2D eigenvalue weighted by Crippen LogP contribution is 2.32. The third-order valence-corrected chi connectivity index (χ3v) is 3.15. The minimum absolute atomic E-state index is 0.178. The molecule has 20 heavy (non-hydrogen) atoms. The van der Waals surface area contributed by atoms with Crippen molar-refractivity contribution in [1.82, 2.24) is 9.97 Å². The second kappa shape index (κ2) is 6.63. The first-order valence-corrected chi connectivity index (χ1v) is 6.95. The van der Waals surface area contributed by atoms with E-state index < -0.39 is 0 Å². The number of rotatable bonds is 5. The number of nitrogens with two attached hydrogens (primary N) is 1. The minimum Gasteiger partial charge on any atom is -0.370 e. The van der Waals surface area contributed by atoms with Gasteiger partial charge in [-0.2, -0.15) is 9.97 Å². The summed E-state index contributed by atoms with van der Waals surface area (Å²) in [5, 5.41) is 7.24. The maximum absolute atomic E-state index is 6.11. The lowest BCUT2D eigenvalue weighted by Crippen LogP contribution is -2.07. The van der Waals surface area contributed by atoms with E-state index in [1.54, 1.807) is 24.3 Å².